The first kappa shape index (κ1) is 22.4. The normalized spacial score (nSPS) is 19.1. The van der Waals surface area contributed by atoms with Gasteiger partial charge in [-0.2, -0.15) is 0 Å². The lowest BCUT2D eigenvalue weighted by Gasteiger charge is -2.32. The molecule has 3 heterocycles. The van der Waals surface area contributed by atoms with Crippen LogP contribution in [0.2, 0.25) is 0 Å². The molecule has 1 saturated heterocycles. The molecule has 1 fully saturated rings. The van der Waals surface area contributed by atoms with Gasteiger partial charge in [0.05, 0.1) is 18.0 Å². The van der Waals surface area contributed by atoms with E-state index < -0.39 is 5.41 Å². The third-order valence-electron chi connectivity index (χ3n) is 6.45. The Labute approximate surface area is 192 Å². The fourth-order valence-corrected chi connectivity index (χ4v) is 4.42. The lowest BCUT2D eigenvalue weighted by Crippen LogP contribution is -2.43. The van der Waals surface area contributed by atoms with Gasteiger partial charge >= 0.3 is 0 Å². The number of likely N-dealkylation sites (tertiary alicyclic amines) is 1. The van der Waals surface area contributed by atoms with Crippen molar-refractivity contribution in [2.45, 2.75) is 44.7 Å². The zero-order valence-electron chi connectivity index (χ0n) is 18.9. The lowest BCUT2D eigenvalue weighted by molar-refractivity contribution is -0.143. The summed E-state index contributed by atoms with van der Waals surface area (Å²) in [6.07, 6.45) is 4.54. The Morgan fingerprint density at radius 1 is 1.21 bits per heavy atom. The molecule has 0 saturated carbocycles. The van der Waals surface area contributed by atoms with Crippen molar-refractivity contribution >= 4 is 17.7 Å². The Kier molecular flexibility index (Phi) is 6.09. The van der Waals surface area contributed by atoms with E-state index in [9.17, 15) is 14.4 Å². The van der Waals surface area contributed by atoms with Crippen LogP contribution in [-0.4, -0.2) is 44.7 Å². The predicted molar refractivity (Wildman–Crippen MR) is 120 cm³/mol. The highest BCUT2D eigenvalue weighted by Gasteiger charge is 2.54. The van der Waals surface area contributed by atoms with Gasteiger partial charge in [-0.1, -0.05) is 35.5 Å². The summed E-state index contributed by atoms with van der Waals surface area (Å²) >= 11 is 0. The molecular weight excluding hydrogens is 420 g/mol. The molecule has 3 amide bonds. The number of carbonyl (C=O) groups excluding carboxylic acids is 3. The van der Waals surface area contributed by atoms with Crippen molar-refractivity contribution in [1.29, 1.82) is 0 Å². The monoisotopic (exact) mass is 446 g/mol. The molecule has 4 rings (SSSR count). The molecule has 8 nitrogen and oxygen atoms in total. The standard InChI is InChI=1S/C25H26N4O4/c1-17-7-4-5-9-20(17)25(13-22(30)28(3)18(2)21-10-12-33-27-21)14-23(31)29(24(25)32)16-19-8-6-11-26-15-19/h4-12,15,18H,13-14,16H2,1-3H3/t18-,25+/m0/s1. The fraction of sp³-hybridized carbons (Fsp3) is 0.320. The Balaban J connectivity index is 1.68. The molecule has 3 aromatic rings. The van der Waals surface area contributed by atoms with Gasteiger partial charge in [0.25, 0.3) is 0 Å². The zero-order chi connectivity index (χ0) is 23.6. The number of amides is 3. The van der Waals surface area contributed by atoms with Crippen molar-refractivity contribution in [3.8, 4) is 0 Å². The predicted octanol–water partition coefficient (Wildman–Crippen LogP) is 3.18. The maximum absolute atomic E-state index is 13.8. The fourth-order valence-electron chi connectivity index (χ4n) is 4.42. The smallest absolute Gasteiger partial charge is 0.241 e. The van der Waals surface area contributed by atoms with Crippen LogP contribution in [-0.2, 0) is 26.3 Å². The van der Waals surface area contributed by atoms with E-state index >= 15 is 0 Å². The molecule has 0 N–H and O–H groups in total. The molecular formula is C25H26N4O4. The van der Waals surface area contributed by atoms with Gasteiger partial charge in [-0.05, 0) is 36.6 Å². The summed E-state index contributed by atoms with van der Waals surface area (Å²) in [5.41, 5.74) is 1.67. The van der Waals surface area contributed by atoms with E-state index in [0.717, 1.165) is 11.1 Å². The van der Waals surface area contributed by atoms with Gasteiger partial charge in [0, 0.05) is 38.3 Å². The largest absolute Gasteiger partial charge is 0.364 e. The number of hydrogen-bond donors (Lipinski definition) is 0. The Hall–Kier alpha value is -3.81. The van der Waals surface area contributed by atoms with Crippen LogP contribution >= 0.6 is 0 Å². The molecule has 1 aliphatic rings. The van der Waals surface area contributed by atoms with Crippen molar-refractivity contribution in [3.05, 3.63) is 83.5 Å². The number of nitrogens with zero attached hydrogens (tertiary/aromatic N) is 4. The van der Waals surface area contributed by atoms with Crippen LogP contribution in [0.1, 0.15) is 48.2 Å². The number of aryl methyl sites for hydroxylation is 1. The molecule has 1 aliphatic heterocycles. The average Bonchev–Trinajstić information content (AvgIpc) is 3.43. The van der Waals surface area contributed by atoms with Crippen LogP contribution in [0.4, 0.5) is 0 Å². The zero-order valence-corrected chi connectivity index (χ0v) is 18.9. The van der Waals surface area contributed by atoms with Crippen molar-refractivity contribution in [3.63, 3.8) is 0 Å². The van der Waals surface area contributed by atoms with E-state index in [1.54, 1.807) is 36.5 Å². The minimum Gasteiger partial charge on any atom is -0.364 e. The molecule has 0 bridgehead atoms. The molecule has 2 atom stereocenters. The minimum atomic E-state index is -1.26. The third kappa shape index (κ3) is 4.16. The van der Waals surface area contributed by atoms with Crippen LogP contribution in [0, 0.1) is 6.92 Å². The Bertz CT molecular complexity index is 1160. The molecule has 170 valence electrons. The quantitative estimate of drug-likeness (QED) is 0.517. The molecule has 0 unspecified atom stereocenters. The van der Waals surface area contributed by atoms with Gasteiger partial charge < -0.3 is 9.42 Å². The minimum absolute atomic E-state index is 0.0606. The van der Waals surface area contributed by atoms with Gasteiger partial charge in [0.1, 0.15) is 12.0 Å². The molecule has 2 aromatic heterocycles. The summed E-state index contributed by atoms with van der Waals surface area (Å²) in [7, 11) is 1.67. The highest BCUT2D eigenvalue weighted by molar-refractivity contribution is 6.10. The summed E-state index contributed by atoms with van der Waals surface area (Å²) in [5.74, 6) is -0.910. The van der Waals surface area contributed by atoms with Crippen LogP contribution in [0.5, 0.6) is 0 Å². The van der Waals surface area contributed by atoms with Gasteiger partial charge in [0.2, 0.25) is 17.7 Å². The summed E-state index contributed by atoms with van der Waals surface area (Å²) in [5, 5.41) is 3.92. The van der Waals surface area contributed by atoms with Crippen molar-refractivity contribution in [1.82, 2.24) is 19.9 Å². The van der Waals surface area contributed by atoms with Crippen LogP contribution in [0.3, 0.4) is 0 Å². The molecule has 0 aliphatic carbocycles. The number of hydrogen-bond acceptors (Lipinski definition) is 6. The second-order valence-corrected chi connectivity index (χ2v) is 8.50. The van der Waals surface area contributed by atoms with E-state index in [4.69, 9.17) is 4.52 Å². The molecule has 1 aromatic carbocycles. The van der Waals surface area contributed by atoms with Crippen molar-refractivity contribution < 1.29 is 18.9 Å². The number of pyridine rings is 1. The molecule has 0 radical (unpaired) electrons. The van der Waals surface area contributed by atoms with Gasteiger partial charge in [-0.25, -0.2) is 0 Å². The molecule has 0 spiro atoms. The van der Waals surface area contributed by atoms with E-state index in [0.29, 0.717) is 11.3 Å². The first-order valence-corrected chi connectivity index (χ1v) is 10.8. The topological polar surface area (TPSA) is 96.6 Å². The molecule has 33 heavy (non-hydrogen) atoms. The number of rotatable bonds is 7. The number of benzene rings is 1. The highest BCUT2D eigenvalue weighted by atomic mass is 16.5. The highest BCUT2D eigenvalue weighted by Crippen LogP contribution is 2.42. The van der Waals surface area contributed by atoms with Crippen molar-refractivity contribution in [2.75, 3.05) is 7.05 Å². The SMILES string of the molecule is Cc1ccccc1[C@@]1(CC(=O)N(C)[C@@H](C)c2ccon2)CC(=O)N(Cc2cccnc2)C1=O. The number of imide groups is 1. The first-order valence-electron chi connectivity index (χ1n) is 10.8. The second-order valence-electron chi connectivity index (χ2n) is 8.50. The summed E-state index contributed by atoms with van der Waals surface area (Å²) in [6.45, 7) is 3.86. The van der Waals surface area contributed by atoms with E-state index in [1.165, 1.54) is 11.2 Å². The summed E-state index contributed by atoms with van der Waals surface area (Å²) in [4.78, 5) is 47.2. The van der Waals surface area contributed by atoms with Crippen molar-refractivity contribution in [2.24, 2.45) is 0 Å². The number of carbonyl (C=O) groups is 3. The summed E-state index contributed by atoms with van der Waals surface area (Å²) < 4.78 is 4.91. The average molecular weight is 447 g/mol. The van der Waals surface area contributed by atoms with Crippen LogP contribution in [0.25, 0.3) is 0 Å². The van der Waals surface area contributed by atoms with E-state index in [1.807, 2.05) is 44.2 Å². The van der Waals surface area contributed by atoms with Crippen LogP contribution in [0.15, 0.2) is 65.6 Å². The number of aromatic nitrogens is 2. The van der Waals surface area contributed by atoms with E-state index in [2.05, 4.69) is 10.1 Å². The molecule has 8 heteroatoms. The summed E-state index contributed by atoms with van der Waals surface area (Å²) in [6, 6.07) is 12.4. The first-order chi connectivity index (χ1) is 15.8. The van der Waals surface area contributed by atoms with Gasteiger partial charge in [-0.3, -0.25) is 24.3 Å². The van der Waals surface area contributed by atoms with Crippen LogP contribution < -0.4 is 0 Å². The van der Waals surface area contributed by atoms with Gasteiger partial charge in [-0.15, -0.1) is 0 Å². The lowest BCUT2D eigenvalue weighted by atomic mass is 9.74. The Morgan fingerprint density at radius 3 is 2.67 bits per heavy atom. The maximum Gasteiger partial charge on any atom is 0.241 e. The second kappa shape index (κ2) is 8.97. The van der Waals surface area contributed by atoms with Gasteiger partial charge in [0.15, 0.2) is 0 Å². The third-order valence-corrected chi connectivity index (χ3v) is 6.45. The maximum atomic E-state index is 13.8. The Morgan fingerprint density at radius 2 is 2.00 bits per heavy atom. The van der Waals surface area contributed by atoms with E-state index in [-0.39, 0.29) is 43.1 Å².